The second-order valence-corrected chi connectivity index (χ2v) is 6.11. The molecule has 0 bridgehead atoms. The summed E-state index contributed by atoms with van der Waals surface area (Å²) in [6, 6.07) is 0.743. The summed E-state index contributed by atoms with van der Waals surface area (Å²) < 4.78 is 0. The Morgan fingerprint density at radius 3 is 2.89 bits per heavy atom. The highest BCUT2D eigenvalue weighted by Crippen LogP contribution is 2.22. The van der Waals surface area contributed by atoms with Crippen molar-refractivity contribution >= 4 is 5.91 Å². The monoisotopic (exact) mass is 268 g/mol. The number of piperazine rings is 1. The van der Waals surface area contributed by atoms with E-state index >= 15 is 0 Å². The second kappa shape index (κ2) is 6.20. The van der Waals surface area contributed by atoms with Crippen LogP contribution in [0.2, 0.25) is 0 Å². The summed E-state index contributed by atoms with van der Waals surface area (Å²) in [5.74, 6) is -0.242. The summed E-state index contributed by atoms with van der Waals surface area (Å²) in [6.07, 6.45) is 3.47. The minimum absolute atomic E-state index is 0.242. The largest absolute Gasteiger partial charge is 0.368 e. The quantitative estimate of drug-likeness (QED) is 0.712. The van der Waals surface area contributed by atoms with Crippen molar-refractivity contribution in [1.29, 1.82) is 0 Å². The Morgan fingerprint density at radius 2 is 2.21 bits per heavy atom. The number of amides is 1. The van der Waals surface area contributed by atoms with E-state index < -0.39 is 5.54 Å². The summed E-state index contributed by atoms with van der Waals surface area (Å²) in [7, 11) is 0. The van der Waals surface area contributed by atoms with Crippen molar-refractivity contribution in [3.8, 4) is 0 Å². The van der Waals surface area contributed by atoms with Crippen molar-refractivity contribution in [2.45, 2.75) is 44.7 Å². The van der Waals surface area contributed by atoms with Crippen molar-refractivity contribution < 1.29 is 4.79 Å². The molecular formula is C14H28N4O. The molecule has 0 aromatic heterocycles. The molecule has 2 saturated heterocycles. The maximum absolute atomic E-state index is 11.6. The molecule has 5 heteroatoms. The van der Waals surface area contributed by atoms with Crippen LogP contribution in [0.3, 0.4) is 0 Å². The summed E-state index contributed by atoms with van der Waals surface area (Å²) >= 11 is 0. The van der Waals surface area contributed by atoms with Crippen LogP contribution in [0.1, 0.15) is 33.1 Å². The molecular weight excluding hydrogens is 240 g/mol. The third-order valence-electron chi connectivity index (χ3n) is 4.71. The third-order valence-corrected chi connectivity index (χ3v) is 4.71. The maximum atomic E-state index is 11.6. The lowest BCUT2D eigenvalue weighted by molar-refractivity contribution is -0.124. The molecule has 2 heterocycles. The molecule has 0 spiro atoms. The molecule has 3 N–H and O–H groups in total. The van der Waals surface area contributed by atoms with Gasteiger partial charge in [-0.1, -0.05) is 6.92 Å². The van der Waals surface area contributed by atoms with Crippen molar-refractivity contribution in [3.05, 3.63) is 0 Å². The fourth-order valence-electron chi connectivity index (χ4n) is 3.33. The van der Waals surface area contributed by atoms with Crippen LogP contribution >= 0.6 is 0 Å². The van der Waals surface area contributed by atoms with Crippen LogP contribution in [-0.2, 0) is 4.79 Å². The molecule has 0 aromatic carbocycles. The predicted molar refractivity (Wildman–Crippen MR) is 76.9 cm³/mol. The van der Waals surface area contributed by atoms with Crippen molar-refractivity contribution in [1.82, 2.24) is 15.1 Å². The van der Waals surface area contributed by atoms with Gasteiger partial charge < -0.3 is 16.0 Å². The number of nitrogens with two attached hydrogens (primary N) is 1. The van der Waals surface area contributed by atoms with E-state index in [0.29, 0.717) is 0 Å². The molecule has 2 atom stereocenters. The predicted octanol–water partition coefficient (Wildman–Crippen LogP) is 0.0100. The number of hydrogen-bond donors (Lipinski definition) is 2. The first-order valence-electron chi connectivity index (χ1n) is 7.56. The van der Waals surface area contributed by atoms with Gasteiger partial charge >= 0.3 is 0 Å². The van der Waals surface area contributed by atoms with Gasteiger partial charge in [0.2, 0.25) is 5.91 Å². The van der Waals surface area contributed by atoms with Gasteiger partial charge in [-0.25, -0.2) is 0 Å². The molecule has 5 nitrogen and oxygen atoms in total. The number of carbonyl (C=O) groups is 1. The number of carbonyl (C=O) groups excluding carboxylic acids is 1. The van der Waals surface area contributed by atoms with E-state index in [1.807, 2.05) is 13.8 Å². The van der Waals surface area contributed by atoms with Crippen LogP contribution in [0, 0.1) is 0 Å². The summed E-state index contributed by atoms with van der Waals surface area (Å²) in [5.41, 5.74) is 4.96. The minimum Gasteiger partial charge on any atom is -0.368 e. The average Bonchev–Trinajstić information content (AvgIpc) is 2.84. The normalized spacial score (nSPS) is 28.0. The van der Waals surface area contributed by atoms with Gasteiger partial charge in [0.1, 0.15) is 0 Å². The van der Waals surface area contributed by atoms with Gasteiger partial charge in [0.25, 0.3) is 0 Å². The van der Waals surface area contributed by atoms with E-state index in [-0.39, 0.29) is 5.91 Å². The zero-order valence-corrected chi connectivity index (χ0v) is 12.3. The van der Waals surface area contributed by atoms with Gasteiger partial charge in [0, 0.05) is 32.2 Å². The van der Waals surface area contributed by atoms with Crippen LogP contribution in [0.15, 0.2) is 0 Å². The Balaban J connectivity index is 1.82. The fraction of sp³-hybridized carbons (Fsp3) is 0.929. The van der Waals surface area contributed by atoms with E-state index in [4.69, 9.17) is 5.73 Å². The SMILES string of the molecule is CCNC(C)(CCN1CCN2CCCC2C1)C(N)=O. The lowest BCUT2D eigenvalue weighted by Gasteiger charge is -2.39. The zero-order valence-electron chi connectivity index (χ0n) is 12.3. The number of primary amides is 1. The van der Waals surface area contributed by atoms with E-state index in [0.717, 1.165) is 38.6 Å². The van der Waals surface area contributed by atoms with Crippen LogP contribution in [0.5, 0.6) is 0 Å². The van der Waals surface area contributed by atoms with Gasteiger partial charge in [-0.3, -0.25) is 9.69 Å². The lowest BCUT2D eigenvalue weighted by atomic mass is 9.96. The first-order valence-corrected chi connectivity index (χ1v) is 7.56. The minimum atomic E-state index is -0.568. The van der Waals surface area contributed by atoms with Crippen LogP contribution < -0.4 is 11.1 Å². The van der Waals surface area contributed by atoms with Crippen LogP contribution in [0.4, 0.5) is 0 Å². The Bertz CT molecular complexity index is 323. The van der Waals surface area contributed by atoms with E-state index in [9.17, 15) is 4.79 Å². The number of fused-ring (bicyclic) bond motifs is 1. The van der Waals surface area contributed by atoms with Crippen molar-refractivity contribution in [2.75, 3.05) is 39.3 Å². The molecule has 1 amide bonds. The van der Waals surface area contributed by atoms with Crippen molar-refractivity contribution in [3.63, 3.8) is 0 Å². The first-order chi connectivity index (χ1) is 9.05. The average molecular weight is 268 g/mol. The zero-order chi connectivity index (χ0) is 13.9. The standard InChI is InChI=1S/C14H28N4O/c1-3-16-14(2,13(15)19)6-8-17-9-10-18-7-4-5-12(18)11-17/h12,16H,3-11H2,1-2H3,(H2,15,19). The Kier molecular flexibility index (Phi) is 4.81. The van der Waals surface area contributed by atoms with Gasteiger partial charge in [0.15, 0.2) is 0 Å². The molecule has 0 saturated carbocycles. The number of likely N-dealkylation sites (N-methyl/N-ethyl adjacent to an activating group) is 1. The van der Waals surface area contributed by atoms with Crippen LogP contribution in [0.25, 0.3) is 0 Å². The van der Waals surface area contributed by atoms with E-state index in [2.05, 4.69) is 15.1 Å². The van der Waals surface area contributed by atoms with Gasteiger partial charge in [-0.2, -0.15) is 0 Å². The van der Waals surface area contributed by atoms with Gasteiger partial charge in [-0.15, -0.1) is 0 Å². The molecule has 2 aliphatic rings. The van der Waals surface area contributed by atoms with Gasteiger partial charge in [0.05, 0.1) is 5.54 Å². The van der Waals surface area contributed by atoms with E-state index in [1.54, 1.807) is 0 Å². The van der Waals surface area contributed by atoms with Crippen LogP contribution in [-0.4, -0.2) is 66.6 Å². The molecule has 0 aliphatic carbocycles. The Morgan fingerprint density at radius 1 is 1.42 bits per heavy atom. The fourth-order valence-corrected chi connectivity index (χ4v) is 3.33. The summed E-state index contributed by atoms with van der Waals surface area (Å²) in [5, 5.41) is 3.23. The highest BCUT2D eigenvalue weighted by molar-refractivity contribution is 5.84. The van der Waals surface area contributed by atoms with E-state index in [1.165, 1.54) is 25.9 Å². The summed E-state index contributed by atoms with van der Waals surface area (Å²) in [6.45, 7) is 10.4. The second-order valence-electron chi connectivity index (χ2n) is 6.11. The van der Waals surface area contributed by atoms with Crippen molar-refractivity contribution in [2.24, 2.45) is 5.73 Å². The smallest absolute Gasteiger partial charge is 0.237 e. The number of nitrogens with one attached hydrogen (secondary N) is 1. The molecule has 110 valence electrons. The highest BCUT2D eigenvalue weighted by atomic mass is 16.1. The van der Waals surface area contributed by atoms with Gasteiger partial charge in [-0.05, 0) is 39.3 Å². The Labute approximate surface area is 116 Å². The molecule has 0 aromatic rings. The topological polar surface area (TPSA) is 61.6 Å². The first kappa shape index (κ1) is 14.8. The Hall–Kier alpha value is -0.650. The maximum Gasteiger partial charge on any atom is 0.237 e. The molecule has 19 heavy (non-hydrogen) atoms. The lowest BCUT2D eigenvalue weighted by Crippen LogP contribution is -2.56. The molecule has 2 fully saturated rings. The number of nitrogens with zero attached hydrogens (tertiary/aromatic N) is 2. The molecule has 2 unspecified atom stereocenters. The molecule has 0 radical (unpaired) electrons. The highest BCUT2D eigenvalue weighted by Gasteiger charge is 2.33. The number of rotatable bonds is 6. The molecule has 2 aliphatic heterocycles. The summed E-state index contributed by atoms with van der Waals surface area (Å²) in [4.78, 5) is 16.7. The number of hydrogen-bond acceptors (Lipinski definition) is 4. The third kappa shape index (κ3) is 3.46. The molecule has 2 rings (SSSR count).